The number of alkyl halides is 3. The van der Waals surface area contributed by atoms with Gasteiger partial charge in [0.25, 0.3) is 0 Å². The van der Waals surface area contributed by atoms with Crippen molar-refractivity contribution in [3.8, 4) is 0 Å². The van der Waals surface area contributed by atoms with Crippen LogP contribution in [0.5, 0.6) is 0 Å². The second-order valence-electron chi connectivity index (χ2n) is 5.44. The van der Waals surface area contributed by atoms with E-state index >= 15 is 0 Å². The average Bonchev–Trinajstić information content (AvgIpc) is 2.80. The van der Waals surface area contributed by atoms with Crippen molar-refractivity contribution in [1.82, 2.24) is 4.57 Å². The minimum atomic E-state index is -4.64. The van der Waals surface area contributed by atoms with Crippen molar-refractivity contribution >= 4 is 0 Å². The second kappa shape index (κ2) is 5.56. The van der Waals surface area contributed by atoms with Crippen LogP contribution in [0, 0.1) is 20.8 Å². The highest BCUT2D eigenvalue weighted by atomic mass is 19.4. The van der Waals surface area contributed by atoms with Crippen LogP contribution in [0.1, 0.15) is 33.9 Å². The molecule has 21 heavy (non-hydrogen) atoms. The summed E-state index contributed by atoms with van der Waals surface area (Å²) in [6, 6.07) is 5.41. The molecule has 0 saturated carbocycles. The Morgan fingerprint density at radius 3 is 2.24 bits per heavy atom. The van der Waals surface area contributed by atoms with E-state index in [4.69, 9.17) is 0 Å². The van der Waals surface area contributed by atoms with Gasteiger partial charge in [-0.1, -0.05) is 17.7 Å². The molecule has 1 aromatic carbocycles. The largest absolute Gasteiger partial charge is 0.418 e. The van der Waals surface area contributed by atoms with Gasteiger partial charge in [0.2, 0.25) is 0 Å². The topological polar surface area (TPSA) is 25.2 Å². The van der Waals surface area contributed by atoms with Gasteiger partial charge in [-0.05, 0) is 43.5 Å². The molecule has 0 spiro atoms. The fourth-order valence-electron chi connectivity index (χ4n) is 2.55. The Morgan fingerprint density at radius 1 is 1.14 bits per heavy atom. The van der Waals surface area contributed by atoms with Gasteiger partial charge < -0.3 is 9.67 Å². The van der Waals surface area contributed by atoms with Crippen LogP contribution >= 0.6 is 0 Å². The Labute approximate surface area is 121 Å². The SMILES string of the molecule is Cc1cc(C)c(Cn2ccc(C(O)C(F)(F)F)c2)c(C)c1. The normalized spacial score (nSPS) is 13.5. The van der Waals surface area contributed by atoms with Gasteiger partial charge in [-0.15, -0.1) is 0 Å². The predicted octanol–water partition coefficient (Wildman–Crippen LogP) is 4.06. The summed E-state index contributed by atoms with van der Waals surface area (Å²) in [6.07, 6.45) is -4.17. The number of aliphatic hydroxyl groups is 1. The molecule has 0 aliphatic rings. The lowest BCUT2D eigenvalue weighted by molar-refractivity contribution is -0.206. The van der Waals surface area contributed by atoms with Gasteiger partial charge in [0, 0.05) is 24.5 Å². The van der Waals surface area contributed by atoms with Gasteiger partial charge in [-0.3, -0.25) is 0 Å². The van der Waals surface area contributed by atoms with Gasteiger partial charge in [0.15, 0.2) is 6.10 Å². The molecule has 1 unspecified atom stereocenters. The smallest absolute Gasteiger partial charge is 0.379 e. The van der Waals surface area contributed by atoms with E-state index in [1.807, 2.05) is 20.8 Å². The lowest BCUT2D eigenvalue weighted by Crippen LogP contribution is -2.19. The number of rotatable bonds is 3. The molecular weight excluding hydrogens is 279 g/mol. The van der Waals surface area contributed by atoms with Crippen LogP contribution in [-0.2, 0) is 6.54 Å². The first-order valence-corrected chi connectivity index (χ1v) is 6.65. The van der Waals surface area contributed by atoms with Crippen LogP contribution in [0.15, 0.2) is 30.6 Å². The van der Waals surface area contributed by atoms with Crippen molar-refractivity contribution < 1.29 is 18.3 Å². The van der Waals surface area contributed by atoms with Crippen molar-refractivity contribution in [1.29, 1.82) is 0 Å². The van der Waals surface area contributed by atoms with E-state index in [0.717, 1.165) is 22.3 Å². The maximum atomic E-state index is 12.5. The molecule has 0 saturated heterocycles. The molecule has 1 heterocycles. The van der Waals surface area contributed by atoms with Crippen molar-refractivity contribution in [2.24, 2.45) is 0 Å². The lowest BCUT2D eigenvalue weighted by atomic mass is 10.00. The molecule has 2 rings (SSSR count). The van der Waals surface area contributed by atoms with Crippen LogP contribution in [0.4, 0.5) is 13.2 Å². The number of benzene rings is 1. The maximum absolute atomic E-state index is 12.5. The first kappa shape index (κ1) is 15.6. The molecular formula is C16H18F3NO. The summed E-state index contributed by atoms with van der Waals surface area (Å²) in [5, 5.41) is 9.24. The van der Waals surface area contributed by atoms with E-state index in [1.165, 1.54) is 12.3 Å². The molecule has 1 aromatic heterocycles. The van der Waals surface area contributed by atoms with E-state index in [2.05, 4.69) is 12.1 Å². The molecule has 0 radical (unpaired) electrons. The van der Waals surface area contributed by atoms with Gasteiger partial charge >= 0.3 is 6.18 Å². The predicted molar refractivity (Wildman–Crippen MR) is 75.2 cm³/mol. The third-order valence-corrected chi connectivity index (χ3v) is 3.58. The summed E-state index contributed by atoms with van der Waals surface area (Å²) >= 11 is 0. The third kappa shape index (κ3) is 3.47. The number of halogens is 3. The molecule has 0 aliphatic carbocycles. The molecule has 0 aliphatic heterocycles. The fourth-order valence-corrected chi connectivity index (χ4v) is 2.55. The van der Waals surface area contributed by atoms with Crippen LogP contribution in [0.2, 0.25) is 0 Å². The van der Waals surface area contributed by atoms with Crippen LogP contribution < -0.4 is 0 Å². The van der Waals surface area contributed by atoms with Crippen LogP contribution in [0.3, 0.4) is 0 Å². The highest BCUT2D eigenvalue weighted by Crippen LogP contribution is 2.32. The second-order valence-corrected chi connectivity index (χ2v) is 5.44. The third-order valence-electron chi connectivity index (χ3n) is 3.58. The van der Waals surface area contributed by atoms with E-state index in [9.17, 15) is 18.3 Å². The van der Waals surface area contributed by atoms with Crippen molar-refractivity contribution in [2.75, 3.05) is 0 Å². The van der Waals surface area contributed by atoms with Crippen LogP contribution in [-0.4, -0.2) is 15.8 Å². The Kier molecular flexibility index (Phi) is 4.14. The zero-order chi connectivity index (χ0) is 15.8. The summed E-state index contributed by atoms with van der Waals surface area (Å²) in [7, 11) is 0. The molecule has 1 atom stereocenters. The summed E-state index contributed by atoms with van der Waals surface area (Å²) < 4.78 is 39.1. The zero-order valence-electron chi connectivity index (χ0n) is 12.2. The molecule has 0 fully saturated rings. The number of aromatic nitrogens is 1. The van der Waals surface area contributed by atoms with Crippen LogP contribution in [0.25, 0.3) is 0 Å². The standard InChI is InChI=1S/C16H18F3NO/c1-10-6-11(2)14(12(3)7-10)9-20-5-4-13(8-20)15(21)16(17,18)19/h4-8,15,21H,9H2,1-3H3. The Morgan fingerprint density at radius 2 is 1.71 bits per heavy atom. The van der Waals surface area contributed by atoms with Gasteiger partial charge in [0.05, 0.1) is 0 Å². The van der Waals surface area contributed by atoms with Crippen molar-refractivity contribution in [3.05, 3.63) is 58.4 Å². The number of hydrogen-bond acceptors (Lipinski definition) is 1. The van der Waals surface area contributed by atoms with E-state index in [-0.39, 0.29) is 5.56 Å². The zero-order valence-corrected chi connectivity index (χ0v) is 12.2. The molecule has 2 nitrogen and oxygen atoms in total. The highest BCUT2D eigenvalue weighted by molar-refractivity contribution is 5.37. The number of aryl methyl sites for hydroxylation is 3. The van der Waals surface area contributed by atoms with E-state index in [1.54, 1.807) is 10.8 Å². The Balaban J connectivity index is 2.25. The number of hydrogen-bond donors (Lipinski definition) is 1. The lowest BCUT2D eigenvalue weighted by Gasteiger charge is -2.14. The molecule has 2 aromatic rings. The molecule has 5 heteroatoms. The minimum absolute atomic E-state index is 0.134. The molecule has 114 valence electrons. The Bertz CT molecular complexity index is 620. The van der Waals surface area contributed by atoms with E-state index < -0.39 is 12.3 Å². The van der Waals surface area contributed by atoms with Crippen molar-refractivity contribution in [3.63, 3.8) is 0 Å². The highest BCUT2D eigenvalue weighted by Gasteiger charge is 2.39. The van der Waals surface area contributed by atoms with E-state index in [0.29, 0.717) is 6.54 Å². The average molecular weight is 297 g/mol. The minimum Gasteiger partial charge on any atom is -0.379 e. The molecule has 0 bridgehead atoms. The summed E-state index contributed by atoms with van der Waals surface area (Å²) in [6.45, 7) is 6.48. The number of aliphatic hydroxyl groups excluding tert-OH is 1. The first-order valence-electron chi connectivity index (χ1n) is 6.65. The van der Waals surface area contributed by atoms with Crippen molar-refractivity contribution in [2.45, 2.75) is 39.6 Å². The van der Waals surface area contributed by atoms with Gasteiger partial charge in [-0.25, -0.2) is 0 Å². The number of nitrogens with zero attached hydrogens (tertiary/aromatic N) is 1. The summed E-state index contributed by atoms with van der Waals surface area (Å²) in [4.78, 5) is 0. The van der Waals surface area contributed by atoms with Gasteiger partial charge in [-0.2, -0.15) is 13.2 Å². The maximum Gasteiger partial charge on any atom is 0.418 e. The van der Waals surface area contributed by atoms with Gasteiger partial charge in [0.1, 0.15) is 0 Å². The summed E-state index contributed by atoms with van der Waals surface area (Å²) in [5.74, 6) is 0. The fraction of sp³-hybridized carbons (Fsp3) is 0.375. The quantitative estimate of drug-likeness (QED) is 0.908. The summed E-state index contributed by atoms with van der Waals surface area (Å²) in [5.41, 5.74) is 4.34. The molecule has 0 amide bonds. The Hall–Kier alpha value is -1.75. The first-order chi connectivity index (χ1) is 9.68. The molecule has 1 N–H and O–H groups in total. The monoisotopic (exact) mass is 297 g/mol.